The van der Waals surface area contributed by atoms with E-state index in [1.165, 1.54) is 0 Å². The zero-order valence-electron chi connectivity index (χ0n) is 9.16. The van der Waals surface area contributed by atoms with E-state index in [-0.39, 0.29) is 24.3 Å². The second-order valence-corrected chi connectivity index (χ2v) is 3.82. The van der Waals surface area contributed by atoms with Crippen LogP contribution in [0.5, 0.6) is 0 Å². The highest BCUT2D eigenvalue weighted by atomic mass is 16.2. The van der Waals surface area contributed by atoms with E-state index in [0.29, 0.717) is 19.5 Å². The second-order valence-electron chi connectivity index (χ2n) is 3.82. The van der Waals surface area contributed by atoms with Gasteiger partial charge in [0, 0.05) is 25.4 Å². The monoisotopic (exact) mass is 210 g/mol. The van der Waals surface area contributed by atoms with Crippen molar-refractivity contribution in [1.29, 1.82) is 0 Å². The largest absolute Gasteiger partial charge is 0.355 e. The van der Waals surface area contributed by atoms with Crippen LogP contribution in [0.15, 0.2) is 12.7 Å². The topological polar surface area (TPSA) is 49.4 Å². The van der Waals surface area contributed by atoms with Gasteiger partial charge in [0.2, 0.25) is 11.8 Å². The van der Waals surface area contributed by atoms with E-state index in [2.05, 4.69) is 11.9 Å². The third-order valence-corrected chi connectivity index (χ3v) is 2.48. The summed E-state index contributed by atoms with van der Waals surface area (Å²) in [6, 6.07) is 0. The van der Waals surface area contributed by atoms with Crippen LogP contribution >= 0.6 is 0 Å². The van der Waals surface area contributed by atoms with Crippen molar-refractivity contribution in [2.75, 3.05) is 19.6 Å². The molecule has 0 bridgehead atoms. The Hall–Kier alpha value is -1.32. The Morgan fingerprint density at radius 3 is 3.00 bits per heavy atom. The van der Waals surface area contributed by atoms with Crippen molar-refractivity contribution in [2.24, 2.45) is 5.92 Å². The van der Waals surface area contributed by atoms with E-state index >= 15 is 0 Å². The van der Waals surface area contributed by atoms with Crippen molar-refractivity contribution in [3.63, 3.8) is 0 Å². The quantitative estimate of drug-likeness (QED) is 0.674. The lowest BCUT2D eigenvalue weighted by atomic mass is 10.1. The summed E-state index contributed by atoms with van der Waals surface area (Å²) >= 11 is 0. The highest BCUT2D eigenvalue weighted by Gasteiger charge is 2.28. The summed E-state index contributed by atoms with van der Waals surface area (Å²) in [5, 5.41) is 2.75. The average molecular weight is 210 g/mol. The van der Waals surface area contributed by atoms with Gasteiger partial charge in [-0.2, -0.15) is 0 Å². The van der Waals surface area contributed by atoms with Crippen molar-refractivity contribution >= 4 is 11.8 Å². The molecule has 1 atom stereocenters. The Morgan fingerprint density at radius 2 is 2.47 bits per heavy atom. The van der Waals surface area contributed by atoms with E-state index in [0.717, 1.165) is 6.42 Å². The molecule has 15 heavy (non-hydrogen) atoms. The van der Waals surface area contributed by atoms with Gasteiger partial charge in [0.15, 0.2) is 0 Å². The molecule has 2 amide bonds. The molecule has 0 aromatic rings. The lowest BCUT2D eigenvalue weighted by Crippen LogP contribution is -2.38. The van der Waals surface area contributed by atoms with Crippen LogP contribution in [0.2, 0.25) is 0 Å². The third kappa shape index (κ3) is 3.38. The van der Waals surface area contributed by atoms with Crippen molar-refractivity contribution in [3.8, 4) is 0 Å². The zero-order chi connectivity index (χ0) is 11.3. The van der Waals surface area contributed by atoms with Gasteiger partial charge in [0.25, 0.3) is 0 Å². The number of carbonyl (C=O) groups excluding carboxylic acids is 2. The van der Waals surface area contributed by atoms with Crippen LogP contribution in [-0.4, -0.2) is 36.3 Å². The normalized spacial score (nSPS) is 20.5. The van der Waals surface area contributed by atoms with Crippen LogP contribution < -0.4 is 5.32 Å². The maximum Gasteiger partial charge on any atom is 0.239 e. The number of amides is 2. The standard InChI is InChI=1S/C11H18N2O2/c1-3-5-12-10(14)8-13-7-9(4-2)6-11(13)15/h4,9H,2-3,5-8H2,1H3,(H,12,14). The minimum absolute atomic E-state index is 0.0477. The molecule has 0 spiro atoms. The molecule has 1 fully saturated rings. The molecule has 1 aliphatic rings. The SMILES string of the molecule is C=CC1CC(=O)N(CC(=O)NCCC)C1. The van der Waals surface area contributed by atoms with Crippen LogP contribution in [0.3, 0.4) is 0 Å². The molecule has 1 unspecified atom stereocenters. The molecule has 0 radical (unpaired) electrons. The molecular formula is C11H18N2O2. The van der Waals surface area contributed by atoms with Gasteiger partial charge < -0.3 is 10.2 Å². The average Bonchev–Trinajstić information content (AvgIpc) is 2.57. The first-order valence-electron chi connectivity index (χ1n) is 5.34. The first-order chi connectivity index (χ1) is 7.17. The second kappa shape index (κ2) is 5.53. The molecule has 4 nitrogen and oxygen atoms in total. The number of carbonyl (C=O) groups is 2. The Labute approximate surface area is 90.3 Å². The maximum absolute atomic E-state index is 11.5. The highest BCUT2D eigenvalue weighted by molar-refractivity contribution is 5.86. The summed E-state index contributed by atoms with van der Waals surface area (Å²) in [7, 11) is 0. The van der Waals surface area contributed by atoms with Gasteiger partial charge in [0.1, 0.15) is 0 Å². The Bertz CT molecular complexity index is 263. The number of rotatable bonds is 5. The predicted octanol–water partition coefficient (Wildman–Crippen LogP) is 0.547. The summed E-state index contributed by atoms with van der Waals surface area (Å²) in [6.07, 6.45) is 3.18. The smallest absolute Gasteiger partial charge is 0.239 e. The summed E-state index contributed by atoms with van der Waals surface area (Å²) in [5.74, 6) is 0.179. The van der Waals surface area contributed by atoms with Gasteiger partial charge in [-0.15, -0.1) is 6.58 Å². The van der Waals surface area contributed by atoms with Gasteiger partial charge in [-0.05, 0) is 6.42 Å². The molecule has 0 saturated carbocycles. The van der Waals surface area contributed by atoms with E-state index in [1.807, 2.05) is 6.92 Å². The minimum atomic E-state index is -0.0742. The molecule has 84 valence electrons. The Balaban J connectivity index is 2.35. The molecule has 0 aromatic heterocycles. The number of nitrogens with one attached hydrogen (secondary N) is 1. The first-order valence-corrected chi connectivity index (χ1v) is 5.34. The van der Waals surface area contributed by atoms with E-state index in [9.17, 15) is 9.59 Å². The highest BCUT2D eigenvalue weighted by Crippen LogP contribution is 2.17. The van der Waals surface area contributed by atoms with Crippen LogP contribution in [-0.2, 0) is 9.59 Å². The van der Waals surface area contributed by atoms with Crippen molar-refractivity contribution in [2.45, 2.75) is 19.8 Å². The molecular weight excluding hydrogens is 192 g/mol. The fourth-order valence-electron chi connectivity index (χ4n) is 1.61. The van der Waals surface area contributed by atoms with Crippen LogP contribution in [0.1, 0.15) is 19.8 Å². The predicted molar refractivity (Wildman–Crippen MR) is 58.2 cm³/mol. The van der Waals surface area contributed by atoms with Crippen LogP contribution in [0.4, 0.5) is 0 Å². The van der Waals surface area contributed by atoms with Gasteiger partial charge in [-0.1, -0.05) is 13.0 Å². The first kappa shape index (κ1) is 11.8. The van der Waals surface area contributed by atoms with E-state index < -0.39 is 0 Å². The number of nitrogens with zero attached hydrogens (tertiary/aromatic N) is 1. The van der Waals surface area contributed by atoms with Crippen LogP contribution in [0, 0.1) is 5.92 Å². The van der Waals surface area contributed by atoms with E-state index in [1.54, 1.807) is 11.0 Å². The van der Waals surface area contributed by atoms with Crippen molar-refractivity contribution < 1.29 is 9.59 Å². The Morgan fingerprint density at radius 1 is 1.73 bits per heavy atom. The van der Waals surface area contributed by atoms with Gasteiger partial charge >= 0.3 is 0 Å². The molecule has 1 saturated heterocycles. The fraction of sp³-hybridized carbons (Fsp3) is 0.636. The lowest BCUT2D eigenvalue weighted by molar-refractivity contribution is -0.133. The summed E-state index contributed by atoms with van der Waals surface area (Å²) in [4.78, 5) is 24.4. The molecule has 1 rings (SSSR count). The Kier molecular flexibility index (Phi) is 4.34. The molecule has 4 heteroatoms. The lowest BCUT2D eigenvalue weighted by Gasteiger charge is -2.15. The fourth-order valence-corrected chi connectivity index (χ4v) is 1.61. The maximum atomic E-state index is 11.5. The van der Waals surface area contributed by atoms with Gasteiger partial charge in [-0.25, -0.2) is 0 Å². The zero-order valence-corrected chi connectivity index (χ0v) is 9.16. The molecule has 1 heterocycles. The summed E-state index contributed by atoms with van der Waals surface area (Å²) in [6.45, 7) is 7.14. The van der Waals surface area contributed by atoms with Gasteiger partial charge in [-0.3, -0.25) is 9.59 Å². The van der Waals surface area contributed by atoms with Gasteiger partial charge in [0.05, 0.1) is 6.54 Å². The summed E-state index contributed by atoms with van der Waals surface area (Å²) < 4.78 is 0. The number of hydrogen-bond donors (Lipinski definition) is 1. The number of likely N-dealkylation sites (tertiary alicyclic amines) is 1. The minimum Gasteiger partial charge on any atom is -0.355 e. The molecule has 1 aliphatic heterocycles. The molecule has 0 aromatic carbocycles. The molecule has 0 aliphatic carbocycles. The summed E-state index contributed by atoms with van der Waals surface area (Å²) in [5.41, 5.74) is 0. The third-order valence-electron chi connectivity index (χ3n) is 2.48. The van der Waals surface area contributed by atoms with Crippen LogP contribution in [0.25, 0.3) is 0 Å². The van der Waals surface area contributed by atoms with Crippen molar-refractivity contribution in [3.05, 3.63) is 12.7 Å². The number of hydrogen-bond acceptors (Lipinski definition) is 2. The van der Waals surface area contributed by atoms with Crippen molar-refractivity contribution in [1.82, 2.24) is 10.2 Å². The molecule has 1 N–H and O–H groups in total. The van der Waals surface area contributed by atoms with E-state index in [4.69, 9.17) is 0 Å².